The highest BCUT2D eigenvalue weighted by Gasteiger charge is 2.31. The fourth-order valence-electron chi connectivity index (χ4n) is 3.46. The minimum absolute atomic E-state index is 0.0735. The summed E-state index contributed by atoms with van der Waals surface area (Å²) < 4.78 is 24.8. The molecule has 7 nitrogen and oxygen atoms in total. The van der Waals surface area contributed by atoms with Crippen LogP contribution in [-0.2, 0) is 21.2 Å². The third-order valence-corrected chi connectivity index (χ3v) is 6.37. The molecule has 0 bridgehead atoms. The van der Waals surface area contributed by atoms with E-state index >= 15 is 0 Å². The molecule has 0 unspecified atom stereocenters. The van der Waals surface area contributed by atoms with E-state index in [1.165, 1.54) is 0 Å². The molecule has 2 aliphatic rings. The van der Waals surface area contributed by atoms with Gasteiger partial charge in [0.15, 0.2) is 9.84 Å². The molecule has 2 fully saturated rings. The highest BCUT2D eigenvalue weighted by molar-refractivity contribution is 7.91. The van der Waals surface area contributed by atoms with Gasteiger partial charge < -0.3 is 5.32 Å². The predicted molar refractivity (Wildman–Crippen MR) is 86.8 cm³/mol. The molecule has 1 amide bonds. The number of aromatic nitrogens is 2. The zero-order valence-electron chi connectivity index (χ0n) is 13.4. The smallest absolute Gasteiger partial charge is 0.234 e. The van der Waals surface area contributed by atoms with E-state index in [4.69, 9.17) is 0 Å². The van der Waals surface area contributed by atoms with Gasteiger partial charge in [0.1, 0.15) is 0 Å². The van der Waals surface area contributed by atoms with Crippen LogP contribution in [0.1, 0.15) is 24.8 Å². The van der Waals surface area contributed by atoms with Gasteiger partial charge >= 0.3 is 0 Å². The number of nitrogens with one attached hydrogen (secondary N) is 1. The number of aryl methyl sites for hydroxylation is 1. The average molecular weight is 340 g/mol. The topological polar surface area (TPSA) is 84.3 Å². The molecule has 8 heteroatoms. The standard InChI is InChI=1S/C15H24N4O3S/c1-12-7-16-19(8-12)9-14-3-2-5-18(14)10-15(20)17-13-4-6-23(21,22)11-13/h7-8,13-14H,2-6,9-11H2,1H3,(H,17,20)/t13-,14-/m0/s1. The van der Waals surface area contributed by atoms with Crippen LogP contribution in [0.25, 0.3) is 0 Å². The summed E-state index contributed by atoms with van der Waals surface area (Å²) in [6.07, 6.45) is 6.52. The summed E-state index contributed by atoms with van der Waals surface area (Å²) in [5, 5.41) is 7.18. The lowest BCUT2D eigenvalue weighted by Gasteiger charge is -2.24. The van der Waals surface area contributed by atoms with Crippen LogP contribution in [0.3, 0.4) is 0 Å². The van der Waals surface area contributed by atoms with Crippen molar-refractivity contribution in [1.82, 2.24) is 20.0 Å². The van der Waals surface area contributed by atoms with Crippen LogP contribution in [0, 0.1) is 6.92 Å². The summed E-state index contributed by atoms with van der Waals surface area (Å²) >= 11 is 0. The molecule has 1 aromatic heterocycles. The molecule has 3 rings (SSSR count). The summed E-state index contributed by atoms with van der Waals surface area (Å²) in [6.45, 7) is 4.04. The minimum atomic E-state index is -2.96. The predicted octanol–water partition coefficient (Wildman–Crippen LogP) is -0.0408. The van der Waals surface area contributed by atoms with Gasteiger partial charge in [-0.05, 0) is 38.3 Å². The van der Waals surface area contributed by atoms with Crippen LogP contribution in [0.15, 0.2) is 12.4 Å². The third-order valence-electron chi connectivity index (χ3n) is 4.60. The van der Waals surface area contributed by atoms with Crippen molar-refractivity contribution >= 4 is 15.7 Å². The van der Waals surface area contributed by atoms with Crippen molar-refractivity contribution in [1.29, 1.82) is 0 Å². The Hall–Kier alpha value is -1.41. The minimum Gasteiger partial charge on any atom is -0.351 e. The fraction of sp³-hybridized carbons (Fsp3) is 0.733. The van der Waals surface area contributed by atoms with Crippen molar-refractivity contribution in [2.24, 2.45) is 0 Å². The van der Waals surface area contributed by atoms with Gasteiger partial charge in [0, 0.05) is 18.3 Å². The first kappa shape index (κ1) is 16.4. The van der Waals surface area contributed by atoms with Crippen molar-refractivity contribution in [3.8, 4) is 0 Å². The maximum atomic E-state index is 12.2. The van der Waals surface area contributed by atoms with Crippen LogP contribution in [-0.4, -0.2) is 65.7 Å². The van der Waals surface area contributed by atoms with Gasteiger partial charge in [-0.3, -0.25) is 14.4 Å². The molecule has 0 saturated carbocycles. The number of rotatable bonds is 5. The maximum Gasteiger partial charge on any atom is 0.234 e. The molecule has 0 spiro atoms. The summed E-state index contributed by atoms with van der Waals surface area (Å²) in [6, 6.07) is 0.0923. The molecule has 1 aromatic rings. The van der Waals surface area contributed by atoms with Crippen molar-refractivity contribution in [2.45, 2.75) is 44.8 Å². The number of amides is 1. The first-order valence-electron chi connectivity index (χ1n) is 8.14. The lowest BCUT2D eigenvalue weighted by atomic mass is 10.2. The van der Waals surface area contributed by atoms with E-state index in [1.54, 1.807) is 0 Å². The number of sulfone groups is 1. The molecule has 2 atom stereocenters. The van der Waals surface area contributed by atoms with E-state index < -0.39 is 9.84 Å². The Kier molecular flexibility index (Phi) is 4.72. The van der Waals surface area contributed by atoms with E-state index in [0.717, 1.165) is 31.5 Å². The molecule has 2 aliphatic heterocycles. The second kappa shape index (κ2) is 6.60. The summed E-state index contributed by atoms with van der Waals surface area (Å²) in [5.74, 6) is 0.188. The lowest BCUT2D eigenvalue weighted by Crippen LogP contribution is -2.45. The second-order valence-corrected chi connectivity index (χ2v) is 8.90. The molecular formula is C15H24N4O3S. The van der Waals surface area contributed by atoms with Gasteiger partial charge in [-0.2, -0.15) is 5.10 Å². The third kappa shape index (κ3) is 4.32. The zero-order valence-corrected chi connectivity index (χ0v) is 14.3. The van der Waals surface area contributed by atoms with Crippen molar-refractivity contribution < 1.29 is 13.2 Å². The molecule has 0 aromatic carbocycles. The molecule has 1 N–H and O–H groups in total. The quantitative estimate of drug-likeness (QED) is 0.813. The van der Waals surface area contributed by atoms with Gasteiger partial charge in [0.2, 0.25) is 5.91 Å². The summed E-state index contributed by atoms with van der Waals surface area (Å²) in [5.41, 5.74) is 1.13. The van der Waals surface area contributed by atoms with E-state index in [0.29, 0.717) is 19.0 Å². The molecule has 0 aliphatic carbocycles. The molecule has 0 radical (unpaired) electrons. The van der Waals surface area contributed by atoms with Crippen LogP contribution in [0.4, 0.5) is 0 Å². The number of nitrogens with zero attached hydrogens (tertiary/aromatic N) is 3. The number of carbonyl (C=O) groups is 1. The molecule has 128 valence electrons. The summed E-state index contributed by atoms with van der Waals surface area (Å²) in [7, 11) is -2.96. The summed E-state index contributed by atoms with van der Waals surface area (Å²) in [4.78, 5) is 14.4. The molecular weight excluding hydrogens is 316 g/mol. The zero-order chi connectivity index (χ0) is 16.4. The average Bonchev–Trinajstić information content (AvgIpc) is 3.14. The van der Waals surface area contributed by atoms with Gasteiger partial charge in [-0.1, -0.05) is 0 Å². The highest BCUT2D eigenvalue weighted by atomic mass is 32.2. The number of hydrogen-bond acceptors (Lipinski definition) is 5. The first-order valence-corrected chi connectivity index (χ1v) is 9.96. The van der Waals surface area contributed by atoms with Gasteiger partial charge in [-0.15, -0.1) is 0 Å². The Morgan fingerprint density at radius 3 is 2.91 bits per heavy atom. The maximum absolute atomic E-state index is 12.2. The first-order chi connectivity index (χ1) is 10.9. The lowest BCUT2D eigenvalue weighted by molar-refractivity contribution is -0.123. The van der Waals surface area contributed by atoms with E-state index in [9.17, 15) is 13.2 Å². The normalized spacial score (nSPS) is 27.3. The Morgan fingerprint density at radius 2 is 2.26 bits per heavy atom. The Balaban J connectivity index is 1.51. The monoisotopic (exact) mass is 340 g/mol. The Labute approximate surface area is 137 Å². The van der Waals surface area contributed by atoms with Gasteiger partial charge in [-0.25, -0.2) is 8.42 Å². The Bertz CT molecular complexity index is 670. The van der Waals surface area contributed by atoms with Crippen LogP contribution < -0.4 is 5.32 Å². The number of carbonyl (C=O) groups excluding carboxylic acids is 1. The van der Waals surface area contributed by atoms with Crippen LogP contribution >= 0.6 is 0 Å². The van der Waals surface area contributed by atoms with E-state index in [1.807, 2.05) is 24.0 Å². The van der Waals surface area contributed by atoms with Crippen LogP contribution in [0.5, 0.6) is 0 Å². The van der Waals surface area contributed by atoms with Crippen molar-refractivity contribution in [2.75, 3.05) is 24.6 Å². The SMILES string of the molecule is Cc1cnn(C[C@@H]2CCCN2CC(=O)N[C@H]2CCS(=O)(=O)C2)c1. The van der Waals surface area contributed by atoms with Gasteiger partial charge in [0.25, 0.3) is 0 Å². The largest absolute Gasteiger partial charge is 0.351 e. The molecule has 2 saturated heterocycles. The Morgan fingerprint density at radius 1 is 1.43 bits per heavy atom. The van der Waals surface area contributed by atoms with Gasteiger partial charge in [0.05, 0.1) is 30.8 Å². The van der Waals surface area contributed by atoms with Crippen molar-refractivity contribution in [3.63, 3.8) is 0 Å². The van der Waals surface area contributed by atoms with E-state index in [2.05, 4.69) is 15.3 Å². The number of hydrogen-bond donors (Lipinski definition) is 1. The number of likely N-dealkylation sites (tertiary alicyclic amines) is 1. The second-order valence-electron chi connectivity index (χ2n) is 6.67. The fourth-order valence-corrected chi connectivity index (χ4v) is 5.13. The van der Waals surface area contributed by atoms with E-state index in [-0.39, 0.29) is 23.5 Å². The van der Waals surface area contributed by atoms with Crippen molar-refractivity contribution in [3.05, 3.63) is 18.0 Å². The highest BCUT2D eigenvalue weighted by Crippen LogP contribution is 2.19. The molecule has 3 heterocycles. The van der Waals surface area contributed by atoms with Crippen LogP contribution in [0.2, 0.25) is 0 Å². The molecule has 23 heavy (non-hydrogen) atoms.